The zero-order chi connectivity index (χ0) is 13.9. The van der Waals surface area contributed by atoms with Gasteiger partial charge in [-0.1, -0.05) is 0 Å². The van der Waals surface area contributed by atoms with Gasteiger partial charge in [0.25, 0.3) is 0 Å². The van der Waals surface area contributed by atoms with E-state index in [1.165, 1.54) is 6.92 Å². The number of hydrogen-bond donors (Lipinski definition) is 2. The number of benzene rings is 1. The first-order chi connectivity index (χ1) is 8.36. The number of aryl methyl sites for hydroxylation is 2. The third-order valence-corrected chi connectivity index (χ3v) is 2.69. The van der Waals surface area contributed by atoms with E-state index >= 15 is 0 Å². The van der Waals surface area contributed by atoms with E-state index in [4.69, 9.17) is 4.74 Å². The van der Waals surface area contributed by atoms with Gasteiger partial charge in [-0.15, -0.1) is 0 Å². The number of hydrogen-bond acceptors (Lipinski definition) is 3. The molecule has 5 heteroatoms. The van der Waals surface area contributed by atoms with Crippen molar-refractivity contribution in [1.29, 1.82) is 0 Å². The summed E-state index contributed by atoms with van der Waals surface area (Å²) in [6.45, 7) is 4.91. The summed E-state index contributed by atoms with van der Waals surface area (Å²) in [6, 6.07) is 2.46. The Morgan fingerprint density at radius 1 is 1.28 bits per heavy atom. The number of ether oxygens (including phenoxy) is 1. The molecule has 0 aliphatic rings. The Bertz CT molecular complexity index is 482. The molecule has 1 rings (SSSR count). The maximum Gasteiger partial charge on any atom is 0.330 e. The highest BCUT2D eigenvalue weighted by atomic mass is 16.5. The summed E-state index contributed by atoms with van der Waals surface area (Å²) >= 11 is 0. The number of methoxy groups -OCH3 is 1. The van der Waals surface area contributed by atoms with Crippen LogP contribution in [0.4, 0.5) is 0 Å². The first-order valence-corrected chi connectivity index (χ1v) is 5.51. The van der Waals surface area contributed by atoms with Crippen LogP contribution >= 0.6 is 0 Å². The maximum absolute atomic E-state index is 11.2. The van der Waals surface area contributed by atoms with Gasteiger partial charge in [-0.25, -0.2) is 4.79 Å². The second-order valence-corrected chi connectivity index (χ2v) is 4.15. The van der Waals surface area contributed by atoms with Crippen molar-refractivity contribution in [2.75, 3.05) is 7.11 Å². The van der Waals surface area contributed by atoms with E-state index in [0.29, 0.717) is 11.3 Å². The van der Waals surface area contributed by atoms with Crippen LogP contribution in [0.15, 0.2) is 12.1 Å². The zero-order valence-electron chi connectivity index (χ0n) is 10.9. The number of carbonyl (C=O) groups is 2. The molecular formula is C13H17NO4. The molecule has 0 aromatic heterocycles. The molecule has 1 aromatic carbocycles. The standard InChI is InChI=1S/C13H17NO4/c1-7-6-11(18-4)8(2)5-10(7)12(13(16)17)14-9(3)15/h5-6,12H,1-4H3,(H,14,15)(H,16,17). The zero-order valence-corrected chi connectivity index (χ0v) is 10.9. The van der Waals surface area contributed by atoms with E-state index in [1.807, 2.05) is 6.92 Å². The fourth-order valence-corrected chi connectivity index (χ4v) is 1.82. The average Bonchev–Trinajstić information content (AvgIpc) is 2.28. The Morgan fingerprint density at radius 3 is 2.33 bits per heavy atom. The number of nitrogens with one attached hydrogen (secondary N) is 1. The number of carboxylic acid groups (broad SMARTS) is 1. The van der Waals surface area contributed by atoms with Gasteiger partial charge >= 0.3 is 5.97 Å². The predicted molar refractivity (Wildman–Crippen MR) is 66.7 cm³/mol. The highest BCUT2D eigenvalue weighted by molar-refractivity contribution is 5.83. The summed E-state index contributed by atoms with van der Waals surface area (Å²) in [6.07, 6.45) is 0. The quantitative estimate of drug-likeness (QED) is 0.851. The summed E-state index contributed by atoms with van der Waals surface area (Å²) in [5.41, 5.74) is 2.16. The number of amides is 1. The third-order valence-electron chi connectivity index (χ3n) is 2.69. The molecule has 1 amide bonds. The Kier molecular flexibility index (Phi) is 4.31. The molecule has 0 spiro atoms. The van der Waals surface area contributed by atoms with Gasteiger partial charge in [-0.2, -0.15) is 0 Å². The second kappa shape index (κ2) is 5.53. The Hall–Kier alpha value is -2.04. The summed E-state index contributed by atoms with van der Waals surface area (Å²) in [5.74, 6) is -0.767. The van der Waals surface area contributed by atoms with Crippen LogP contribution < -0.4 is 10.1 Å². The predicted octanol–water partition coefficient (Wildman–Crippen LogP) is 1.57. The lowest BCUT2D eigenvalue weighted by molar-refractivity contribution is -0.141. The highest BCUT2D eigenvalue weighted by Crippen LogP contribution is 2.26. The lowest BCUT2D eigenvalue weighted by atomic mass is 9.98. The number of carbonyl (C=O) groups excluding carboxylic acids is 1. The lowest BCUT2D eigenvalue weighted by Crippen LogP contribution is -2.32. The molecule has 1 aromatic rings. The molecule has 0 fully saturated rings. The number of rotatable bonds is 4. The van der Waals surface area contributed by atoms with Crippen molar-refractivity contribution in [2.45, 2.75) is 26.8 Å². The number of aliphatic carboxylic acids is 1. The number of carboxylic acids is 1. The van der Waals surface area contributed by atoms with Crippen LogP contribution in [-0.2, 0) is 9.59 Å². The molecular weight excluding hydrogens is 234 g/mol. The van der Waals surface area contributed by atoms with Crippen molar-refractivity contribution in [3.05, 3.63) is 28.8 Å². The molecule has 2 N–H and O–H groups in total. The topological polar surface area (TPSA) is 75.6 Å². The molecule has 18 heavy (non-hydrogen) atoms. The van der Waals surface area contributed by atoms with Crippen LogP contribution in [0.1, 0.15) is 29.7 Å². The SMILES string of the molecule is COc1cc(C)c(C(NC(C)=O)C(=O)O)cc1C. The lowest BCUT2D eigenvalue weighted by Gasteiger charge is -2.18. The van der Waals surface area contributed by atoms with Crippen molar-refractivity contribution in [2.24, 2.45) is 0 Å². The van der Waals surface area contributed by atoms with Gasteiger partial charge in [-0.3, -0.25) is 4.79 Å². The van der Waals surface area contributed by atoms with E-state index in [9.17, 15) is 14.7 Å². The van der Waals surface area contributed by atoms with E-state index in [2.05, 4.69) is 5.32 Å². The summed E-state index contributed by atoms with van der Waals surface area (Å²) in [7, 11) is 1.56. The molecule has 1 atom stereocenters. The van der Waals surface area contributed by atoms with Crippen LogP contribution in [0.2, 0.25) is 0 Å². The van der Waals surface area contributed by atoms with Crippen molar-refractivity contribution >= 4 is 11.9 Å². The molecule has 0 saturated carbocycles. The van der Waals surface area contributed by atoms with E-state index in [0.717, 1.165) is 11.1 Å². The molecule has 0 bridgehead atoms. The highest BCUT2D eigenvalue weighted by Gasteiger charge is 2.23. The minimum atomic E-state index is -1.09. The van der Waals surface area contributed by atoms with Gasteiger partial charge in [0.05, 0.1) is 7.11 Å². The van der Waals surface area contributed by atoms with Crippen LogP contribution in [0.3, 0.4) is 0 Å². The second-order valence-electron chi connectivity index (χ2n) is 4.15. The summed E-state index contributed by atoms with van der Waals surface area (Å²) < 4.78 is 5.17. The van der Waals surface area contributed by atoms with Crippen molar-refractivity contribution < 1.29 is 19.4 Å². The minimum absolute atomic E-state index is 0.379. The van der Waals surface area contributed by atoms with Crippen molar-refractivity contribution in [3.8, 4) is 5.75 Å². The van der Waals surface area contributed by atoms with Crippen LogP contribution in [-0.4, -0.2) is 24.1 Å². The largest absolute Gasteiger partial charge is 0.496 e. The molecule has 98 valence electrons. The van der Waals surface area contributed by atoms with Crippen molar-refractivity contribution in [3.63, 3.8) is 0 Å². The Balaban J connectivity index is 3.24. The summed E-state index contributed by atoms with van der Waals surface area (Å²) in [5, 5.41) is 11.6. The van der Waals surface area contributed by atoms with Gasteiger partial charge in [-0.05, 0) is 42.7 Å². The summed E-state index contributed by atoms with van der Waals surface area (Å²) in [4.78, 5) is 22.3. The van der Waals surface area contributed by atoms with Gasteiger partial charge in [0.15, 0.2) is 6.04 Å². The molecule has 0 radical (unpaired) electrons. The van der Waals surface area contributed by atoms with Crippen molar-refractivity contribution in [1.82, 2.24) is 5.32 Å². The average molecular weight is 251 g/mol. The monoisotopic (exact) mass is 251 g/mol. The molecule has 0 heterocycles. The Labute approximate surface area is 106 Å². The van der Waals surface area contributed by atoms with E-state index < -0.39 is 12.0 Å². The third kappa shape index (κ3) is 3.00. The van der Waals surface area contributed by atoms with Crippen LogP contribution in [0, 0.1) is 13.8 Å². The first-order valence-electron chi connectivity index (χ1n) is 5.51. The van der Waals surface area contributed by atoms with E-state index in [-0.39, 0.29) is 5.91 Å². The molecule has 0 aliphatic heterocycles. The van der Waals surface area contributed by atoms with Gasteiger partial charge in [0.1, 0.15) is 5.75 Å². The molecule has 0 aliphatic carbocycles. The normalized spacial score (nSPS) is 11.8. The van der Waals surface area contributed by atoms with Crippen LogP contribution in [0.5, 0.6) is 5.75 Å². The van der Waals surface area contributed by atoms with Crippen LogP contribution in [0.25, 0.3) is 0 Å². The first kappa shape index (κ1) is 14.0. The fraction of sp³-hybridized carbons (Fsp3) is 0.385. The molecule has 0 saturated heterocycles. The molecule has 5 nitrogen and oxygen atoms in total. The van der Waals surface area contributed by atoms with E-state index in [1.54, 1.807) is 26.2 Å². The van der Waals surface area contributed by atoms with Gasteiger partial charge in [0.2, 0.25) is 5.91 Å². The Morgan fingerprint density at radius 2 is 1.89 bits per heavy atom. The fourth-order valence-electron chi connectivity index (χ4n) is 1.82. The maximum atomic E-state index is 11.2. The van der Waals surface area contributed by atoms with Gasteiger partial charge < -0.3 is 15.2 Å². The minimum Gasteiger partial charge on any atom is -0.496 e. The smallest absolute Gasteiger partial charge is 0.330 e. The van der Waals surface area contributed by atoms with Gasteiger partial charge in [0, 0.05) is 6.92 Å². The molecule has 1 unspecified atom stereocenters.